The third kappa shape index (κ3) is 4.06. The van der Waals surface area contributed by atoms with Crippen LogP contribution in [0, 0.1) is 5.41 Å². The number of amides is 2. The lowest BCUT2D eigenvalue weighted by atomic mass is 9.70. The molecule has 8 nitrogen and oxygen atoms in total. The third-order valence-electron chi connectivity index (χ3n) is 5.75. The largest absolute Gasteiger partial charge is 0.379 e. The number of nitrogens with one attached hydrogen (secondary N) is 2. The van der Waals surface area contributed by atoms with Crippen LogP contribution in [0.1, 0.15) is 48.4 Å². The summed E-state index contributed by atoms with van der Waals surface area (Å²) in [6.45, 7) is 4.28. The number of hydrogen-bond donors (Lipinski definition) is 2. The predicted molar refractivity (Wildman–Crippen MR) is 96.7 cm³/mol. The lowest BCUT2D eigenvalue weighted by Gasteiger charge is -2.42. The molecule has 2 N–H and O–H groups in total. The van der Waals surface area contributed by atoms with E-state index in [0.29, 0.717) is 31.0 Å². The summed E-state index contributed by atoms with van der Waals surface area (Å²) >= 11 is 0. The summed E-state index contributed by atoms with van der Waals surface area (Å²) < 4.78 is 10.7. The maximum absolute atomic E-state index is 12.6. The summed E-state index contributed by atoms with van der Waals surface area (Å²) in [6.07, 6.45) is 6.39. The van der Waals surface area contributed by atoms with Crippen LogP contribution in [0.4, 0.5) is 0 Å². The molecule has 8 heteroatoms. The van der Waals surface area contributed by atoms with E-state index in [0.717, 1.165) is 57.7 Å². The first-order valence-electron chi connectivity index (χ1n) is 9.69. The Morgan fingerprint density at radius 2 is 2.19 bits per heavy atom. The molecule has 146 valence electrons. The van der Waals surface area contributed by atoms with Gasteiger partial charge in [-0.15, -0.1) is 0 Å². The first-order valence-corrected chi connectivity index (χ1v) is 9.69. The Hall–Kier alpha value is -2.19. The van der Waals surface area contributed by atoms with E-state index in [9.17, 15) is 9.59 Å². The maximum atomic E-state index is 12.6. The van der Waals surface area contributed by atoms with Crippen molar-refractivity contribution in [3.05, 3.63) is 29.3 Å². The summed E-state index contributed by atoms with van der Waals surface area (Å²) in [5, 5.41) is 9.93. The first-order chi connectivity index (χ1) is 13.1. The summed E-state index contributed by atoms with van der Waals surface area (Å²) in [5.41, 5.74) is 1.11. The first kappa shape index (κ1) is 18.2. The molecule has 2 aliphatic heterocycles. The van der Waals surface area contributed by atoms with E-state index >= 15 is 0 Å². The number of carbonyl (C=O) groups is 2. The number of nitrogens with zero attached hydrogens (tertiary/aromatic N) is 2. The van der Waals surface area contributed by atoms with Gasteiger partial charge in [0.25, 0.3) is 5.91 Å². The van der Waals surface area contributed by atoms with Gasteiger partial charge in [-0.2, -0.15) is 0 Å². The fourth-order valence-electron chi connectivity index (χ4n) is 4.13. The molecule has 3 heterocycles. The van der Waals surface area contributed by atoms with Gasteiger partial charge in [0.2, 0.25) is 5.91 Å². The molecular formula is C19H26N4O4. The van der Waals surface area contributed by atoms with E-state index in [-0.39, 0.29) is 17.2 Å². The highest BCUT2D eigenvalue weighted by Gasteiger charge is 2.40. The molecule has 0 aromatic carbocycles. The number of carbonyl (C=O) groups excluding carboxylic acids is 2. The molecule has 3 aliphatic rings. The number of morpholine rings is 1. The Morgan fingerprint density at radius 1 is 1.33 bits per heavy atom. The second-order valence-corrected chi connectivity index (χ2v) is 7.59. The SMILES string of the molecule is O=C1CCC2(CNC(=O)c3cc(CN4CCOCC4)on3)CCCC=C2N1. The number of rotatable bonds is 5. The highest BCUT2D eigenvalue weighted by Crippen LogP contribution is 2.42. The van der Waals surface area contributed by atoms with E-state index in [4.69, 9.17) is 9.26 Å². The highest BCUT2D eigenvalue weighted by atomic mass is 16.5. The van der Waals surface area contributed by atoms with E-state index in [1.54, 1.807) is 6.07 Å². The van der Waals surface area contributed by atoms with Crippen molar-refractivity contribution in [2.24, 2.45) is 5.41 Å². The van der Waals surface area contributed by atoms with Gasteiger partial charge < -0.3 is 19.9 Å². The van der Waals surface area contributed by atoms with E-state index in [1.165, 1.54) is 0 Å². The molecule has 0 radical (unpaired) electrons. The van der Waals surface area contributed by atoms with Crippen LogP contribution < -0.4 is 10.6 Å². The predicted octanol–water partition coefficient (Wildman–Crippen LogP) is 1.20. The number of piperidine rings is 1. The minimum atomic E-state index is -0.233. The molecule has 4 rings (SSSR count). The average Bonchev–Trinajstić information content (AvgIpc) is 3.16. The van der Waals surface area contributed by atoms with E-state index in [1.807, 2.05) is 0 Å². The molecule has 1 atom stereocenters. The molecule has 2 saturated heterocycles. The van der Waals surface area contributed by atoms with Crippen molar-refractivity contribution < 1.29 is 18.8 Å². The molecule has 27 heavy (non-hydrogen) atoms. The number of hydrogen-bond acceptors (Lipinski definition) is 6. The fourth-order valence-corrected chi connectivity index (χ4v) is 4.13. The van der Waals surface area contributed by atoms with E-state index < -0.39 is 0 Å². The minimum absolute atomic E-state index is 0.0642. The van der Waals surface area contributed by atoms with Crippen molar-refractivity contribution in [1.29, 1.82) is 0 Å². The number of allylic oxidation sites excluding steroid dienone is 1. The van der Waals surface area contributed by atoms with Gasteiger partial charge in [0.05, 0.1) is 19.8 Å². The molecule has 0 saturated carbocycles. The van der Waals surface area contributed by atoms with Crippen LogP contribution >= 0.6 is 0 Å². The van der Waals surface area contributed by atoms with Crippen molar-refractivity contribution in [3.63, 3.8) is 0 Å². The zero-order chi connectivity index (χ0) is 18.7. The molecule has 0 spiro atoms. The van der Waals surface area contributed by atoms with Gasteiger partial charge in [0, 0.05) is 43.2 Å². The Kier molecular flexibility index (Phi) is 5.27. The molecular weight excluding hydrogens is 348 g/mol. The van der Waals surface area contributed by atoms with Crippen molar-refractivity contribution >= 4 is 11.8 Å². The molecule has 1 aromatic heterocycles. The van der Waals surface area contributed by atoms with Crippen LogP contribution in [0.3, 0.4) is 0 Å². The number of fused-ring (bicyclic) bond motifs is 1. The topological polar surface area (TPSA) is 96.7 Å². The molecule has 2 amide bonds. The zero-order valence-electron chi connectivity index (χ0n) is 15.5. The van der Waals surface area contributed by atoms with Crippen molar-refractivity contribution in [2.45, 2.75) is 38.6 Å². The Labute approximate surface area is 158 Å². The number of aromatic nitrogens is 1. The minimum Gasteiger partial charge on any atom is -0.379 e. The van der Waals surface area contributed by atoms with Crippen LogP contribution in [0.25, 0.3) is 0 Å². The average molecular weight is 374 g/mol. The Morgan fingerprint density at radius 3 is 3.04 bits per heavy atom. The van der Waals surface area contributed by atoms with Crippen LogP contribution in [0.2, 0.25) is 0 Å². The standard InChI is InChI=1S/C19H26N4O4/c24-17-4-6-19(5-2-1-3-16(19)21-17)13-20-18(25)15-11-14(27-22-15)12-23-7-9-26-10-8-23/h3,11H,1-2,4-10,12-13H2,(H,20,25)(H,21,24). The smallest absolute Gasteiger partial charge is 0.273 e. The lowest BCUT2D eigenvalue weighted by molar-refractivity contribution is -0.122. The fraction of sp³-hybridized carbons (Fsp3) is 0.632. The van der Waals surface area contributed by atoms with Crippen molar-refractivity contribution in [1.82, 2.24) is 20.7 Å². The summed E-state index contributed by atoms with van der Waals surface area (Å²) in [6, 6.07) is 1.71. The van der Waals surface area contributed by atoms with Crippen molar-refractivity contribution in [3.8, 4) is 0 Å². The Bertz CT molecular complexity index is 738. The van der Waals surface area contributed by atoms with Crippen molar-refractivity contribution in [2.75, 3.05) is 32.8 Å². The lowest BCUT2D eigenvalue weighted by Crippen LogP contribution is -2.48. The quantitative estimate of drug-likeness (QED) is 0.804. The molecule has 2 fully saturated rings. The molecule has 1 aliphatic carbocycles. The van der Waals surface area contributed by atoms with Gasteiger partial charge in [-0.25, -0.2) is 0 Å². The van der Waals surface area contributed by atoms with Crippen LogP contribution in [-0.2, 0) is 16.1 Å². The van der Waals surface area contributed by atoms with Crippen LogP contribution in [-0.4, -0.2) is 54.7 Å². The second kappa shape index (κ2) is 7.82. The van der Waals surface area contributed by atoms with Gasteiger partial charge in [-0.1, -0.05) is 11.2 Å². The molecule has 1 unspecified atom stereocenters. The Balaban J connectivity index is 1.36. The summed E-state index contributed by atoms with van der Waals surface area (Å²) in [7, 11) is 0. The molecule has 0 bridgehead atoms. The summed E-state index contributed by atoms with van der Waals surface area (Å²) in [5.74, 6) is 0.515. The van der Waals surface area contributed by atoms with Gasteiger partial charge in [0.1, 0.15) is 0 Å². The zero-order valence-corrected chi connectivity index (χ0v) is 15.5. The third-order valence-corrected chi connectivity index (χ3v) is 5.75. The highest BCUT2D eigenvalue weighted by molar-refractivity contribution is 5.92. The van der Waals surface area contributed by atoms with Gasteiger partial charge in [-0.3, -0.25) is 14.5 Å². The summed E-state index contributed by atoms with van der Waals surface area (Å²) in [4.78, 5) is 26.5. The van der Waals surface area contributed by atoms with Gasteiger partial charge in [-0.05, 0) is 25.7 Å². The monoisotopic (exact) mass is 374 g/mol. The van der Waals surface area contributed by atoms with Gasteiger partial charge >= 0.3 is 0 Å². The normalized spacial score (nSPS) is 26.1. The second-order valence-electron chi connectivity index (χ2n) is 7.59. The van der Waals surface area contributed by atoms with E-state index in [2.05, 4.69) is 26.8 Å². The van der Waals surface area contributed by atoms with Gasteiger partial charge in [0.15, 0.2) is 11.5 Å². The maximum Gasteiger partial charge on any atom is 0.273 e. The number of ether oxygens (including phenoxy) is 1. The van der Waals surface area contributed by atoms with Crippen LogP contribution in [0.5, 0.6) is 0 Å². The molecule has 1 aromatic rings. The van der Waals surface area contributed by atoms with Crippen LogP contribution in [0.15, 0.2) is 22.4 Å².